The Morgan fingerprint density at radius 1 is 1.16 bits per heavy atom. The van der Waals surface area contributed by atoms with Gasteiger partial charge in [-0.25, -0.2) is 16.8 Å². The summed E-state index contributed by atoms with van der Waals surface area (Å²) in [6, 6.07) is 6.03. The third kappa shape index (κ3) is 6.17. The molecule has 1 fully saturated rings. The SMILES string of the molecule is CN(C1CCCCC1)S(=O)(=O)c1ccccc1NC(=O)COC(=O)CC1C=CS(=O)(=O)C1. The van der Waals surface area contributed by atoms with Crippen molar-refractivity contribution in [2.45, 2.75) is 49.5 Å². The third-order valence-electron chi connectivity index (χ3n) is 5.70. The van der Waals surface area contributed by atoms with Gasteiger partial charge in [0.05, 0.1) is 17.9 Å². The molecule has 1 aliphatic heterocycles. The summed E-state index contributed by atoms with van der Waals surface area (Å²) in [4.78, 5) is 24.2. The zero-order chi connectivity index (χ0) is 23.4. The molecule has 1 aliphatic carbocycles. The van der Waals surface area contributed by atoms with E-state index in [0.29, 0.717) is 0 Å². The quantitative estimate of drug-likeness (QED) is 0.560. The molecule has 1 saturated carbocycles. The fourth-order valence-electron chi connectivity index (χ4n) is 3.96. The standard InChI is InChI=1S/C21H28N2O7S2/c1-23(17-7-3-2-4-8-17)32(28,29)19-10-6-5-9-18(19)22-20(24)14-30-21(25)13-16-11-12-31(26,27)15-16/h5-6,9-12,16-17H,2-4,7-8,13-15H2,1H3,(H,22,24). The Bertz CT molecular complexity index is 1090. The zero-order valence-corrected chi connectivity index (χ0v) is 19.5. The van der Waals surface area contributed by atoms with Crippen molar-refractivity contribution in [1.29, 1.82) is 0 Å². The molecule has 1 aromatic carbocycles. The summed E-state index contributed by atoms with van der Waals surface area (Å²) in [5, 5.41) is 3.57. The van der Waals surface area contributed by atoms with Crippen LogP contribution in [0.25, 0.3) is 0 Å². The molecule has 9 nitrogen and oxygen atoms in total. The van der Waals surface area contributed by atoms with E-state index in [4.69, 9.17) is 4.74 Å². The maximum Gasteiger partial charge on any atom is 0.306 e. The molecule has 1 unspecified atom stereocenters. The second-order valence-corrected chi connectivity index (χ2v) is 12.0. The molecule has 1 heterocycles. The number of esters is 1. The van der Waals surface area contributed by atoms with Crippen LogP contribution in [0.15, 0.2) is 40.6 Å². The summed E-state index contributed by atoms with van der Waals surface area (Å²) in [7, 11) is -5.54. The topological polar surface area (TPSA) is 127 Å². The number of nitrogens with zero attached hydrogens (tertiary/aromatic N) is 1. The second kappa shape index (κ2) is 10.1. The Labute approximate surface area is 188 Å². The van der Waals surface area contributed by atoms with Gasteiger partial charge in [-0.2, -0.15) is 4.31 Å². The lowest BCUT2D eigenvalue weighted by atomic mass is 9.96. The lowest BCUT2D eigenvalue weighted by Crippen LogP contribution is -2.38. The van der Waals surface area contributed by atoms with Crippen LogP contribution >= 0.6 is 0 Å². The first-order valence-electron chi connectivity index (χ1n) is 10.5. The van der Waals surface area contributed by atoms with Gasteiger partial charge in [-0.05, 0) is 25.0 Å². The van der Waals surface area contributed by atoms with Gasteiger partial charge in [0.15, 0.2) is 16.4 Å². The third-order valence-corrected chi connectivity index (χ3v) is 9.14. The number of hydrogen-bond acceptors (Lipinski definition) is 7. The molecule has 1 amide bonds. The number of sulfone groups is 1. The number of carbonyl (C=O) groups excluding carboxylic acids is 2. The summed E-state index contributed by atoms with van der Waals surface area (Å²) in [6.45, 7) is -0.602. The van der Waals surface area contributed by atoms with Gasteiger partial charge in [0, 0.05) is 24.4 Å². The van der Waals surface area contributed by atoms with Gasteiger partial charge < -0.3 is 10.1 Å². The monoisotopic (exact) mass is 484 g/mol. The first kappa shape index (κ1) is 24.4. The Morgan fingerprint density at radius 3 is 2.50 bits per heavy atom. The number of hydrogen-bond donors (Lipinski definition) is 1. The van der Waals surface area contributed by atoms with Crippen LogP contribution in [0.2, 0.25) is 0 Å². The largest absolute Gasteiger partial charge is 0.456 e. The maximum absolute atomic E-state index is 13.2. The first-order chi connectivity index (χ1) is 15.1. The highest BCUT2D eigenvalue weighted by Gasteiger charge is 2.31. The van der Waals surface area contributed by atoms with Gasteiger partial charge in [-0.1, -0.05) is 37.5 Å². The summed E-state index contributed by atoms with van der Waals surface area (Å²) >= 11 is 0. The van der Waals surface area contributed by atoms with E-state index in [9.17, 15) is 26.4 Å². The van der Waals surface area contributed by atoms with Gasteiger partial charge in [0.1, 0.15) is 4.90 Å². The summed E-state index contributed by atoms with van der Waals surface area (Å²) in [5.74, 6) is -2.02. The minimum absolute atomic E-state index is 0.0194. The van der Waals surface area contributed by atoms with Crippen molar-refractivity contribution >= 4 is 37.4 Å². The van der Waals surface area contributed by atoms with Crippen molar-refractivity contribution in [3.8, 4) is 0 Å². The van der Waals surface area contributed by atoms with E-state index in [1.165, 1.54) is 22.5 Å². The van der Waals surface area contributed by atoms with E-state index in [-0.39, 0.29) is 28.8 Å². The molecular weight excluding hydrogens is 456 g/mol. The number of para-hydroxylation sites is 1. The summed E-state index contributed by atoms with van der Waals surface area (Å²) in [6.07, 6.45) is 5.95. The molecule has 0 aromatic heterocycles. The van der Waals surface area contributed by atoms with Crippen LogP contribution in [-0.2, 0) is 34.2 Å². The fourth-order valence-corrected chi connectivity index (χ4v) is 6.92. The van der Waals surface area contributed by atoms with E-state index >= 15 is 0 Å². The molecule has 0 bridgehead atoms. The predicted octanol–water partition coefficient (Wildman–Crippen LogP) is 2.07. The number of sulfonamides is 1. The highest BCUT2D eigenvalue weighted by Crippen LogP contribution is 2.29. The molecule has 0 saturated heterocycles. The molecule has 3 rings (SSSR count). The van der Waals surface area contributed by atoms with Gasteiger partial charge in [0.25, 0.3) is 5.91 Å². The van der Waals surface area contributed by atoms with E-state index in [0.717, 1.165) is 37.5 Å². The van der Waals surface area contributed by atoms with E-state index in [2.05, 4.69) is 5.32 Å². The molecule has 176 valence electrons. The van der Waals surface area contributed by atoms with Crippen LogP contribution in [0.4, 0.5) is 5.69 Å². The van der Waals surface area contributed by atoms with Crippen molar-refractivity contribution in [2.24, 2.45) is 5.92 Å². The van der Waals surface area contributed by atoms with Gasteiger partial charge in [-0.15, -0.1) is 0 Å². The van der Waals surface area contributed by atoms with Crippen molar-refractivity contribution in [3.63, 3.8) is 0 Å². The number of benzene rings is 1. The summed E-state index contributed by atoms with van der Waals surface area (Å²) in [5.41, 5.74) is 0.112. The van der Waals surface area contributed by atoms with Crippen LogP contribution in [0.1, 0.15) is 38.5 Å². The van der Waals surface area contributed by atoms with Crippen LogP contribution in [0, 0.1) is 5.92 Å². The van der Waals surface area contributed by atoms with Crippen molar-refractivity contribution in [3.05, 3.63) is 35.7 Å². The average molecular weight is 485 g/mol. The van der Waals surface area contributed by atoms with Crippen LogP contribution < -0.4 is 5.32 Å². The molecule has 0 radical (unpaired) electrons. The molecule has 32 heavy (non-hydrogen) atoms. The number of nitrogens with one attached hydrogen (secondary N) is 1. The van der Waals surface area contributed by atoms with Crippen molar-refractivity contribution in [1.82, 2.24) is 4.31 Å². The Balaban J connectivity index is 1.60. The number of amides is 1. The lowest BCUT2D eigenvalue weighted by Gasteiger charge is -2.30. The molecule has 1 aromatic rings. The van der Waals surface area contributed by atoms with E-state index < -0.39 is 44.3 Å². The molecule has 1 N–H and O–H groups in total. The van der Waals surface area contributed by atoms with E-state index in [1.54, 1.807) is 19.2 Å². The molecular formula is C21H28N2O7S2. The van der Waals surface area contributed by atoms with Crippen LogP contribution in [0.5, 0.6) is 0 Å². The minimum atomic E-state index is -3.83. The number of carbonyl (C=O) groups is 2. The Hall–Kier alpha value is -2.24. The Morgan fingerprint density at radius 2 is 1.84 bits per heavy atom. The number of ether oxygens (including phenoxy) is 1. The highest BCUT2D eigenvalue weighted by molar-refractivity contribution is 7.94. The number of rotatable bonds is 8. The average Bonchev–Trinajstić information content (AvgIpc) is 3.10. The maximum atomic E-state index is 13.2. The first-order valence-corrected chi connectivity index (χ1v) is 13.7. The molecule has 0 spiro atoms. The molecule has 2 aliphatic rings. The Kier molecular flexibility index (Phi) is 7.73. The predicted molar refractivity (Wildman–Crippen MR) is 119 cm³/mol. The van der Waals surface area contributed by atoms with Gasteiger partial charge in [-0.3, -0.25) is 9.59 Å². The smallest absolute Gasteiger partial charge is 0.306 e. The lowest BCUT2D eigenvalue weighted by molar-refractivity contribution is -0.147. The van der Waals surface area contributed by atoms with Crippen LogP contribution in [-0.4, -0.2) is 58.5 Å². The minimum Gasteiger partial charge on any atom is -0.456 e. The zero-order valence-electron chi connectivity index (χ0n) is 17.9. The highest BCUT2D eigenvalue weighted by atomic mass is 32.2. The number of allylic oxidation sites excluding steroid dienone is 1. The van der Waals surface area contributed by atoms with Gasteiger partial charge in [0.2, 0.25) is 10.0 Å². The molecule has 1 atom stereocenters. The summed E-state index contributed by atoms with van der Waals surface area (Å²) < 4.78 is 55.5. The normalized spacial score (nSPS) is 20.9. The van der Waals surface area contributed by atoms with Crippen LogP contribution in [0.3, 0.4) is 0 Å². The van der Waals surface area contributed by atoms with Crippen molar-refractivity contribution in [2.75, 3.05) is 24.7 Å². The number of anilines is 1. The second-order valence-electron chi connectivity index (χ2n) is 8.14. The van der Waals surface area contributed by atoms with Crippen molar-refractivity contribution < 1.29 is 31.2 Å². The van der Waals surface area contributed by atoms with Gasteiger partial charge >= 0.3 is 5.97 Å². The molecule has 11 heteroatoms. The van der Waals surface area contributed by atoms with E-state index in [1.807, 2.05) is 0 Å². The fraction of sp³-hybridized carbons (Fsp3) is 0.524.